The van der Waals surface area contributed by atoms with E-state index in [2.05, 4.69) is 4.98 Å². The molecule has 1 aromatic heterocycles. The SMILES string of the molecule is Nc1c(Cl)ncn(C(F)F)c1=O. The molecule has 0 aliphatic rings. The van der Waals surface area contributed by atoms with Crippen LogP contribution in [0.5, 0.6) is 0 Å². The molecule has 0 unspecified atom stereocenters. The predicted octanol–water partition coefficient (Wildman–Crippen LogP) is 0.874. The molecule has 0 aromatic carbocycles. The number of anilines is 1. The van der Waals surface area contributed by atoms with Gasteiger partial charge in [0.1, 0.15) is 12.0 Å². The molecule has 0 fully saturated rings. The number of nitrogens with zero attached hydrogens (tertiary/aromatic N) is 2. The number of aromatic nitrogens is 2. The van der Waals surface area contributed by atoms with Crippen LogP contribution in [-0.2, 0) is 0 Å². The van der Waals surface area contributed by atoms with E-state index in [1.54, 1.807) is 0 Å². The summed E-state index contributed by atoms with van der Waals surface area (Å²) in [6.07, 6.45) is 0.645. The molecule has 4 nitrogen and oxygen atoms in total. The Morgan fingerprint density at radius 3 is 2.75 bits per heavy atom. The first-order valence-corrected chi connectivity index (χ1v) is 3.22. The summed E-state index contributed by atoms with van der Waals surface area (Å²) >= 11 is 5.30. The molecule has 66 valence electrons. The Bertz CT molecular complexity index is 351. The van der Waals surface area contributed by atoms with Gasteiger partial charge in [0.15, 0.2) is 5.15 Å². The van der Waals surface area contributed by atoms with E-state index in [-0.39, 0.29) is 9.72 Å². The lowest BCUT2D eigenvalue weighted by Gasteiger charge is -2.03. The maximum absolute atomic E-state index is 12.0. The lowest BCUT2D eigenvalue weighted by Crippen LogP contribution is -2.24. The first-order valence-electron chi connectivity index (χ1n) is 2.84. The molecule has 0 spiro atoms. The highest BCUT2D eigenvalue weighted by Crippen LogP contribution is 2.11. The van der Waals surface area contributed by atoms with E-state index >= 15 is 0 Å². The summed E-state index contributed by atoms with van der Waals surface area (Å²) in [4.78, 5) is 14.1. The highest BCUT2D eigenvalue weighted by molar-refractivity contribution is 6.31. The van der Waals surface area contributed by atoms with Gasteiger partial charge in [0.25, 0.3) is 5.56 Å². The van der Waals surface area contributed by atoms with Crippen molar-refractivity contribution in [2.45, 2.75) is 6.55 Å². The maximum atomic E-state index is 12.0. The van der Waals surface area contributed by atoms with Crippen molar-refractivity contribution in [1.29, 1.82) is 0 Å². The van der Waals surface area contributed by atoms with Gasteiger partial charge >= 0.3 is 6.55 Å². The average Bonchev–Trinajstić information content (AvgIpc) is 2.00. The Hall–Kier alpha value is -1.17. The van der Waals surface area contributed by atoms with E-state index in [0.29, 0.717) is 6.33 Å². The minimum Gasteiger partial charge on any atom is -0.392 e. The molecule has 7 heteroatoms. The van der Waals surface area contributed by atoms with Crippen molar-refractivity contribution in [3.8, 4) is 0 Å². The van der Waals surface area contributed by atoms with E-state index < -0.39 is 17.8 Å². The Balaban J connectivity index is 3.37. The van der Waals surface area contributed by atoms with Gasteiger partial charge in [-0.15, -0.1) is 0 Å². The quantitative estimate of drug-likeness (QED) is 0.677. The van der Waals surface area contributed by atoms with Crippen LogP contribution in [0.25, 0.3) is 0 Å². The van der Waals surface area contributed by atoms with E-state index in [9.17, 15) is 13.6 Å². The maximum Gasteiger partial charge on any atom is 0.322 e. The number of halogens is 3. The van der Waals surface area contributed by atoms with Gasteiger partial charge in [-0.3, -0.25) is 4.79 Å². The molecule has 0 saturated heterocycles. The van der Waals surface area contributed by atoms with Gasteiger partial charge < -0.3 is 5.73 Å². The van der Waals surface area contributed by atoms with Crippen molar-refractivity contribution in [2.75, 3.05) is 5.73 Å². The zero-order valence-electron chi connectivity index (χ0n) is 5.67. The summed E-state index contributed by atoms with van der Waals surface area (Å²) in [5.41, 5.74) is 3.55. The molecule has 0 atom stereocenters. The number of nitrogens with two attached hydrogens (primary N) is 1. The van der Waals surface area contributed by atoms with E-state index in [4.69, 9.17) is 17.3 Å². The normalized spacial score (nSPS) is 10.7. The number of alkyl halides is 2. The number of hydrogen-bond acceptors (Lipinski definition) is 3. The summed E-state index contributed by atoms with van der Waals surface area (Å²) in [6, 6.07) is 0. The highest BCUT2D eigenvalue weighted by Gasteiger charge is 2.12. The van der Waals surface area contributed by atoms with Crippen molar-refractivity contribution in [3.63, 3.8) is 0 Å². The van der Waals surface area contributed by atoms with Gasteiger partial charge in [0, 0.05) is 0 Å². The van der Waals surface area contributed by atoms with Gasteiger partial charge in [-0.2, -0.15) is 8.78 Å². The molecule has 12 heavy (non-hydrogen) atoms. The smallest absolute Gasteiger partial charge is 0.322 e. The fraction of sp³-hybridized carbons (Fsp3) is 0.200. The lowest BCUT2D eigenvalue weighted by molar-refractivity contribution is 0.0654. The van der Waals surface area contributed by atoms with Crippen LogP contribution in [-0.4, -0.2) is 9.55 Å². The second-order valence-electron chi connectivity index (χ2n) is 1.94. The van der Waals surface area contributed by atoms with Gasteiger partial charge in [-0.25, -0.2) is 9.55 Å². The van der Waals surface area contributed by atoms with Crippen LogP contribution in [0.2, 0.25) is 5.15 Å². The molecule has 0 aliphatic carbocycles. The van der Waals surface area contributed by atoms with Gasteiger partial charge in [0.05, 0.1) is 0 Å². The summed E-state index contributed by atoms with van der Waals surface area (Å²) in [5, 5.41) is -0.267. The third kappa shape index (κ3) is 1.38. The second kappa shape index (κ2) is 3.06. The zero-order valence-corrected chi connectivity index (χ0v) is 6.42. The van der Waals surface area contributed by atoms with Crippen molar-refractivity contribution in [2.24, 2.45) is 0 Å². The fourth-order valence-electron chi connectivity index (χ4n) is 0.601. The minimum atomic E-state index is -2.95. The Morgan fingerprint density at radius 2 is 2.25 bits per heavy atom. The van der Waals surface area contributed by atoms with E-state index in [1.807, 2.05) is 0 Å². The van der Waals surface area contributed by atoms with E-state index in [0.717, 1.165) is 0 Å². The monoisotopic (exact) mass is 195 g/mol. The molecule has 0 amide bonds. The van der Waals surface area contributed by atoms with Gasteiger partial charge in [-0.05, 0) is 0 Å². The number of hydrogen-bond donors (Lipinski definition) is 1. The number of rotatable bonds is 1. The second-order valence-corrected chi connectivity index (χ2v) is 2.30. The Kier molecular flexibility index (Phi) is 2.27. The van der Waals surface area contributed by atoms with Crippen molar-refractivity contribution < 1.29 is 8.78 Å². The predicted molar refractivity (Wildman–Crippen MR) is 39.2 cm³/mol. The van der Waals surface area contributed by atoms with Crippen LogP contribution in [0, 0.1) is 0 Å². The van der Waals surface area contributed by atoms with Crippen LogP contribution >= 0.6 is 11.6 Å². The van der Waals surface area contributed by atoms with Crippen LogP contribution in [0.4, 0.5) is 14.5 Å². The molecule has 0 bridgehead atoms. The molecule has 0 aliphatic heterocycles. The molecule has 1 rings (SSSR count). The Morgan fingerprint density at radius 1 is 1.67 bits per heavy atom. The topological polar surface area (TPSA) is 60.9 Å². The highest BCUT2D eigenvalue weighted by atomic mass is 35.5. The average molecular weight is 196 g/mol. The number of nitrogen functional groups attached to an aromatic ring is 1. The largest absolute Gasteiger partial charge is 0.392 e. The van der Waals surface area contributed by atoms with Crippen molar-refractivity contribution in [1.82, 2.24) is 9.55 Å². The minimum absolute atomic E-state index is 0.0984. The summed E-state index contributed by atoms with van der Waals surface area (Å²) in [5.74, 6) is 0. The summed E-state index contributed by atoms with van der Waals surface area (Å²) < 4.78 is 24.0. The van der Waals surface area contributed by atoms with Crippen molar-refractivity contribution in [3.05, 3.63) is 21.8 Å². The molecular weight excluding hydrogens is 192 g/mol. The standard InChI is InChI=1S/C5H4ClF2N3O/c6-3-2(9)4(12)11(1-10-3)5(7)8/h1,5H,9H2. The molecule has 0 radical (unpaired) electrons. The van der Waals surface area contributed by atoms with Crippen LogP contribution < -0.4 is 11.3 Å². The zero-order chi connectivity index (χ0) is 9.30. The summed E-state index contributed by atoms with van der Waals surface area (Å²) in [7, 11) is 0. The van der Waals surface area contributed by atoms with Crippen LogP contribution in [0.15, 0.2) is 11.1 Å². The molecule has 1 aromatic rings. The van der Waals surface area contributed by atoms with Crippen molar-refractivity contribution >= 4 is 17.3 Å². The third-order valence-corrected chi connectivity index (χ3v) is 1.49. The molecule has 2 N–H and O–H groups in total. The van der Waals surface area contributed by atoms with Crippen LogP contribution in [0.3, 0.4) is 0 Å². The Labute approximate surface area is 70.6 Å². The molecule has 0 saturated carbocycles. The van der Waals surface area contributed by atoms with E-state index in [1.165, 1.54) is 0 Å². The first kappa shape index (κ1) is 8.92. The fourth-order valence-corrected chi connectivity index (χ4v) is 0.726. The lowest BCUT2D eigenvalue weighted by atomic mass is 10.5. The molecular formula is C5H4ClF2N3O. The van der Waals surface area contributed by atoms with Gasteiger partial charge in [0.2, 0.25) is 0 Å². The van der Waals surface area contributed by atoms with Gasteiger partial charge in [-0.1, -0.05) is 11.6 Å². The summed E-state index contributed by atoms with van der Waals surface area (Å²) in [6.45, 7) is -2.95. The molecule has 1 heterocycles. The first-order chi connectivity index (χ1) is 5.54. The third-order valence-electron chi connectivity index (χ3n) is 1.19. The van der Waals surface area contributed by atoms with Crippen LogP contribution in [0.1, 0.15) is 6.55 Å².